The molecule has 0 aliphatic rings. The van der Waals surface area contributed by atoms with Crippen molar-refractivity contribution in [3.05, 3.63) is 63.9 Å². The summed E-state index contributed by atoms with van der Waals surface area (Å²) in [5, 5.41) is -0.268. The van der Waals surface area contributed by atoms with Gasteiger partial charge in [-0.3, -0.25) is 0 Å². The summed E-state index contributed by atoms with van der Waals surface area (Å²) in [4.78, 5) is 2.73. The van der Waals surface area contributed by atoms with Gasteiger partial charge in [0.25, 0.3) is 0 Å². The lowest BCUT2D eigenvalue weighted by Crippen LogP contribution is -2.08. The van der Waals surface area contributed by atoms with Crippen molar-refractivity contribution in [1.82, 2.24) is 9.36 Å². The van der Waals surface area contributed by atoms with Crippen LogP contribution in [0.3, 0.4) is 0 Å². The highest BCUT2D eigenvalue weighted by Crippen LogP contribution is 2.36. The van der Waals surface area contributed by atoms with Gasteiger partial charge in [0.2, 0.25) is 0 Å². The quantitative estimate of drug-likeness (QED) is 0.476. The smallest absolute Gasteiger partial charge is 0.416 e. The number of hydrogen-bond acceptors (Lipinski definition) is 6. The number of halogens is 6. The lowest BCUT2D eigenvalue weighted by Gasteiger charge is -2.12. The molecule has 3 aromatic rings. The molecule has 5 nitrogen and oxygen atoms in total. The first-order valence-corrected chi connectivity index (χ1v) is 10.3. The van der Waals surface area contributed by atoms with Crippen molar-refractivity contribution >= 4 is 33.0 Å². The summed E-state index contributed by atoms with van der Waals surface area (Å²) >= 11 is 6.39. The van der Waals surface area contributed by atoms with Crippen LogP contribution in [-0.2, 0) is 21.8 Å². The number of sulfone groups is 1. The molecule has 0 unspecified atom stereocenters. The van der Waals surface area contributed by atoms with Crippen LogP contribution in [0, 0.1) is 11.6 Å². The third-order valence-corrected chi connectivity index (χ3v) is 6.17. The maximum atomic E-state index is 14.3. The van der Waals surface area contributed by atoms with Crippen molar-refractivity contribution < 1.29 is 35.1 Å². The molecule has 0 saturated heterocycles. The third kappa shape index (κ3) is 5.00. The average Bonchev–Trinajstić information content (AvgIpc) is 3.08. The molecule has 0 aliphatic carbocycles. The molecule has 13 heteroatoms. The average molecular weight is 471 g/mol. The molecule has 0 fully saturated rings. The molecule has 0 atom stereocenters. The van der Waals surface area contributed by atoms with Gasteiger partial charge in [0, 0.05) is 11.1 Å². The zero-order valence-corrected chi connectivity index (χ0v) is 16.3. The molecule has 0 N–H and O–H groups in total. The first-order chi connectivity index (χ1) is 13.5. The zero-order valence-electron chi connectivity index (χ0n) is 13.9. The fourth-order valence-corrected chi connectivity index (χ4v) is 4.64. The van der Waals surface area contributed by atoms with E-state index in [0.29, 0.717) is 24.3 Å². The van der Waals surface area contributed by atoms with Gasteiger partial charge < -0.3 is 4.74 Å². The van der Waals surface area contributed by atoms with Gasteiger partial charge in [-0.25, -0.2) is 22.2 Å². The molecule has 0 bridgehead atoms. The maximum Gasteiger partial charge on any atom is 0.416 e. The van der Waals surface area contributed by atoms with E-state index >= 15 is 0 Å². The normalized spacial score (nSPS) is 12.2. The van der Waals surface area contributed by atoms with Crippen LogP contribution >= 0.6 is 23.1 Å². The second-order valence-corrected chi connectivity index (χ2v) is 8.84. The molecule has 0 spiro atoms. The monoisotopic (exact) mass is 470 g/mol. The van der Waals surface area contributed by atoms with E-state index in [1.54, 1.807) is 0 Å². The van der Waals surface area contributed by atoms with Gasteiger partial charge in [-0.15, -0.1) is 0 Å². The third-order valence-electron chi connectivity index (χ3n) is 3.47. The fourth-order valence-electron chi connectivity index (χ4n) is 2.24. The summed E-state index contributed by atoms with van der Waals surface area (Å²) in [5.41, 5.74) is -1.16. The molecule has 1 heterocycles. The van der Waals surface area contributed by atoms with Crippen LogP contribution in [0.15, 0.2) is 41.6 Å². The molecule has 29 heavy (non-hydrogen) atoms. The number of benzene rings is 2. The van der Waals surface area contributed by atoms with Gasteiger partial charge in [0.1, 0.15) is 33.6 Å². The number of hydrogen-bond donors (Lipinski definition) is 0. The first-order valence-electron chi connectivity index (χ1n) is 7.49. The first kappa shape index (κ1) is 21.4. The van der Waals surface area contributed by atoms with Gasteiger partial charge in [-0.1, -0.05) is 11.6 Å². The topological polar surface area (TPSA) is 69.2 Å². The minimum absolute atomic E-state index is 0.0729. The van der Waals surface area contributed by atoms with Crippen molar-refractivity contribution in [3.63, 3.8) is 0 Å². The highest BCUT2D eigenvalue weighted by molar-refractivity contribution is 7.90. The summed E-state index contributed by atoms with van der Waals surface area (Å²) in [6.07, 6.45) is -3.63. The summed E-state index contributed by atoms with van der Waals surface area (Å²) in [7, 11) is -4.29. The maximum absolute atomic E-state index is 14.3. The van der Waals surface area contributed by atoms with Crippen LogP contribution in [0.2, 0.25) is 5.02 Å². The van der Waals surface area contributed by atoms with E-state index in [9.17, 15) is 30.4 Å². The van der Waals surface area contributed by atoms with Gasteiger partial charge in [0.15, 0.2) is 21.4 Å². The van der Waals surface area contributed by atoms with Crippen LogP contribution in [0.5, 0.6) is 11.5 Å². The predicted octanol–water partition coefficient (Wildman–Crippen LogP) is 5.25. The Labute approximate surface area is 169 Å². The van der Waals surface area contributed by atoms with Crippen molar-refractivity contribution in [2.45, 2.75) is 16.8 Å². The van der Waals surface area contributed by atoms with E-state index < -0.39 is 55.4 Å². The molecule has 0 aliphatic heterocycles. The Morgan fingerprint density at radius 1 is 1.07 bits per heavy atom. The summed E-state index contributed by atoms with van der Waals surface area (Å²) in [6, 6.07) is 2.96. The second-order valence-electron chi connectivity index (χ2n) is 5.58. The highest BCUT2D eigenvalue weighted by atomic mass is 35.5. The summed E-state index contributed by atoms with van der Waals surface area (Å²) in [5.74, 6) is -4.66. The van der Waals surface area contributed by atoms with E-state index in [2.05, 4.69) is 9.36 Å². The zero-order chi connectivity index (χ0) is 21.4. The molecular weight excluding hydrogens is 463 g/mol. The Bertz CT molecular complexity index is 1150. The Morgan fingerprint density at radius 3 is 2.41 bits per heavy atom. The Kier molecular flexibility index (Phi) is 5.79. The van der Waals surface area contributed by atoms with E-state index in [1.165, 1.54) is 0 Å². The second kappa shape index (κ2) is 7.84. The van der Waals surface area contributed by atoms with Crippen LogP contribution in [0.4, 0.5) is 22.0 Å². The van der Waals surface area contributed by atoms with Crippen LogP contribution in [-0.4, -0.2) is 17.8 Å². The number of nitrogens with zero attached hydrogens (tertiary/aromatic N) is 2. The number of alkyl halides is 3. The lowest BCUT2D eigenvalue weighted by atomic mass is 10.2. The van der Waals surface area contributed by atoms with E-state index in [-0.39, 0.29) is 10.0 Å². The summed E-state index contributed by atoms with van der Waals surface area (Å²) in [6.45, 7) is 0. The standard InChI is InChI=1S/C16H8ClF5N2O3S2/c17-9-1-8(16(20,21)22)2-10(3-9)27-13-4-12(19)14(5-11(13)18)29(25,26)6-15-23-7-24-28-15/h1-5,7H,6H2. The molecule has 3 rings (SSSR count). The Balaban J connectivity index is 1.94. The molecule has 0 radical (unpaired) electrons. The largest absolute Gasteiger partial charge is 0.454 e. The minimum atomic E-state index is -4.74. The Morgan fingerprint density at radius 2 is 1.79 bits per heavy atom. The molecule has 0 amide bonds. The van der Waals surface area contributed by atoms with E-state index in [1.807, 2.05) is 0 Å². The van der Waals surface area contributed by atoms with Gasteiger partial charge in [-0.2, -0.15) is 17.5 Å². The lowest BCUT2D eigenvalue weighted by molar-refractivity contribution is -0.137. The molecule has 1 aromatic heterocycles. The van der Waals surface area contributed by atoms with Gasteiger partial charge >= 0.3 is 6.18 Å². The van der Waals surface area contributed by atoms with Gasteiger partial charge in [-0.05, 0) is 35.8 Å². The van der Waals surface area contributed by atoms with Crippen LogP contribution < -0.4 is 4.74 Å². The minimum Gasteiger partial charge on any atom is -0.454 e. The fraction of sp³-hybridized carbons (Fsp3) is 0.125. The molecular formula is C16H8ClF5N2O3S2. The van der Waals surface area contributed by atoms with Crippen molar-refractivity contribution in [3.8, 4) is 11.5 Å². The van der Waals surface area contributed by atoms with E-state index in [0.717, 1.165) is 23.9 Å². The SMILES string of the molecule is O=S(=O)(Cc1ncns1)c1cc(F)c(Oc2cc(Cl)cc(C(F)(F)F)c2)cc1F. The number of aromatic nitrogens is 2. The number of rotatable bonds is 5. The van der Waals surface area contributed by atoms with Crippen LogP contribution in [0.25, 0.3) is 0 Å². The molecule has 154 valence electrons. The van der Waals surface area contributed by atoms with E-state index in [4.69, 9.17) is 16.3 Å². The highest BCUT2D eigenvalue weighted by Gasteiger charge is 2.31. The number of ether oxygens (including phenoxy) is 1. The van der Waals surface area contributed by atoms with Crippen molar-refractivity contribution in [2.24, 2.45) is 0 Å². The molecule has 2 aromatic carbocycles. The van der Waals surface area contributed by atoms with Gasteiger partial charge in [0.05, 0.1) is 5.56 Å². The van der Waals surface area contributed by atoms with Crippen LogP contribution in [0.1, 0.15) is 10.6 Å². The molecule has 0 saturated carbocycles. The van der Waals surface area contributed by atoms with Crippen molar-refractivity contribution in [1.29, 1.82) is 0 Å². The predicted molar refractivity (Wildman–Crippen MR) is 93.7 cm³/mol. The van der Waals surface area contributed by atoms with Crippen molar-refractivity contribution in [2.75, 3.05) is 0 Å². The Hall–Kier alpha value is -2.31. The summed E-state index contributed by atoms with van der Waals surface area (Å²) < 4.78 is 100.